The second kappa shape index (κ2) is 5.56. The summed E-state index contributed by atoms with van der Waals surface area (Å²) in [4.78, 5) is 24.1. The van der Waals surface area contributed by atoms with Crippen LogP contribution in [0.15, 0.2) is 36.4 Å². The van der Waals surface area contributed by atoms with E-state index in [2.05, 4.69) is 12.1 Å². The number of carbonyl (C=O) groups is 2. The zero-order chi connectivity index (χ0) is 15.7. The van der Waals surface area contributed by atoms with Gasteiger partial charge in [0.1, 0.15) is 17.3 Å². The summed E-state index contributed by atoms with van der Waals surface area (Å²) in [7, 11) is 1.66. The van der Waals surface area contributed by atoms with Gasteiger partial charge in [0.2, 0.25) is 0 Å². The molecule has 0 heterocycles. The van der Waals surface area contributed by atoms with Gasteiger partial charge in [-0.15, -0.1) is 0 Å². The van der Waals surface area contributed by atoms with Crippen molar-refractivity contribution in [1.82, 2.24) is 0 Å². The summed E-state index contributed by atoms with van der Waals surface area (Å²) in [5, 5.41) is 2.27. The van der Waals surface area contributed by atoms with Crippen LogP contribution in [-0.2, 0) is 16.0 Å². The predicted octanol–water partition coefficient (Wildman–Crippen LogP) is 3.72. The number of aryl methyl sites for hydroxylation is 1. The molecule has 2 aromatic rings. The topological polar surface area (TPSA) is 43.4 Å². The molecule has 22 heavy (non-hydrogen) atoms. The lowest BCUT2D eigenvalue weighted by atomic mass is 9.80. The van der Waals surface area contributed by atoms with Gasteiger partial charge in [0.15, 0.2) is 0 Å². The summed E-state index contributed by atoms with van der Waals surface area (Å²) in [5.74, 6) is 1.02. The molecule has 0 amide bonds. The molecular formula is C19H20O3. The Balaban J connectivity index is 1.88. The molecule has 0 unspecified atom stereocenters. The SMILES string of the molecule is COc1ccc2c(CCC3(C)C(=O)CCC3=O)cccc2c1. The van der Waals surface area contributed by atoms with Crippen molar-refractivity contribution in [3.63, 3.8) is 0 Å². The van der Waals surface area contributed by atoms with Crippen LogP contribution in [0.3, 0.4) is 0 Å². The smallest absolute Gasteiger partial charge is 0.146 e. The number of carbonyl (C=O) groups excluding carboxylic acids is 2. The number of hydrogen-bond acceptors (Lipinski definition) is 3. The molecule has 3 heteroatoms. The van der Waals surface area contributed by atoms with Crippen molar-refractivity contribution in [2.45, 2.75) is 32.6 Å². The molecule has 3 rings (SSSR count). The van der Waals surface area contributed by atoms with Crippen LogP contribution in [0.25, 0.3) is 10.8 Å². The van der Waals surface area contributed by atoms with Gasteiger partial charge in [-0.25, -0.2) is 0 Å². The fourth-order valence-electron chi connectivity index (χ4n) is 3.27. The van der Waals surface area contributed by atoms with Crippen LogP contribution in [0.5, 0.6) is 5.75 Å². The van der Waals surface area contributed by atoms with Gasteiger partial charge in [0.05, 0.1) is 12.5 Å². The largest absolute Gasteiger partial charge is 0.497 e. The molecule has 0 aliphatic heterocycles. The minimum atomic E-state index is -0.783. The molecule has 114 valence electrons. The van der Waals surface area contributed by atoms with E-state index in [4.69, 9.17) is 4.74 Å². The third kappa shape index (κ3) is 2.41. The number of Topliss-reactive ketones (excluding diaryl/α,β-unsaturated/α-hetero) is 2. The van der Waals surface area contributed by atoms with Crippen molar-refractivity contribution in [2.24, 2.45) is 5.41 Å². The van der Waals surface area contributed by atoms with Crippen LogP contribution >= 0.6 is 0 Å². The van der Waals surface area contributed by atoms with Gasteiger partial charge in [0, 0.05) is 12.8 Å². The molecule has 1 fully saturated rings. The van der Waals surface area contributed by atoms with Gasteiger partial charge >= 0.3 is 0 Å². The summed E-state index contributed by atoms with van der Waals surface area (Å²) < 4.78 is 5.26. The Hall–Kier alpha value is -2.16. The fraction of sp³-hybridized carbons (Fsp3) is 0.368. The van der Waals surface area contributed by atoms with E-state index < -0.39 is 5.41 Å². The number of rotatable bonds is 4. The molecule has 1 aliphatic rings. The molecule has 0 saturated heterocycles. The van der Waals surface area contributed by atoms with Crippen LogP contribution in [0.2, 0.25) is 0 Å². The summed E-state index contributed by atoms with van der Waals surface area (Å²) in [5.41, 5.74) is 0.392. The van der Waals surface area contributed by atoms with E-state index in [-0.39, 0.29) is 11.6 Å². The third-order valence-electron chi connectivity index (χ3n) is 4.88. The minimum Gasteiger partial charge on any atom is -0.497 e. The normalized spacial score (nSPS) is 17.2. The average Bonchev–Trinajstić information content (AvgIpc) is 2.80. The van der Waals surface area contributed by atoms with Gasteiger partial charge in [-0.2, -0.15) is 0 Å². The Kier molecular flexibility index (Phi) is 3.73. The molecule has 0 atom stereocenters. The zero-order valence-corrected chi connectivity index (χ0v) is 13.0. The van der Waals surface area contributed by atoms with Crippen LogP contribution < -0.4 is 4.74 Å². The van der Waals surface area contributed by atoms with Crippen LogP contribution in [0, 0.1) is 5.41 Å². The summed E-state index contributed by atoms with van der Waals surface area (Å²) in [6, 6.07) is 12.1. The highest BCUT2D eigenvalue weighted by atomic mass is 16.5. The second-order valence-corrected chi connectivity index (χ2v) is 6.18. The van der Waals surface area contributed by atoms with Gasteiger partial charge in [-0.3, -0.25) is 9.59 Å². The van der Waals surface area contributed by atoms with Crippen molar-refractivity contribution in [3.05, 3.63) is 42.0 Å². The van der Waals surface area contributed by atoms with Crippen molar-refractivity contribution in [3.8, 4) is 5.75 Å². The summed E-state index contributed by atoms with van der Waals surface area (Å²) >= 11 is 0. The maximum absolute atomic E-state index is 12.0. The van der Waals surface area contributed by atoms with Crippen molar-refractivity contribution in [2.75, 3.05) is 7.11 Å². The lowest BCUT2D eigenvalue weighted by molar-refractivity contribution is -0.134. The van der Waals surface area contributed by atoms with E-state index in [1.165, 1.54) is 5.56 Å². The molecule has 1 aliphatic carbocycles. The monoisotopic (exact) mass is 296 g/mol. The molecule has 0 radical (unpaired) electrons. The van der Waals surface area contributed by atoms with Gasteiger partial charge in [-0.05, 0) is 48.2 Å². The van der Waals surface area contributed by atoms with Crippen molar-refractivity contribution in [1.29, 1.82) is 0 Å². The van der Waals surface area contributed by atoms with E-state index in [9.17, 15) is 9.59 Å². The van der Waals surface area contributed by atoms with E-state index >= 15 is 0 Å². The Labute approximate surface area is 130 Å². The number of hydrogen-bond donors (Lipinski definition) is 0. The first-order valence-electron chi connectivity index (χ1n) is 7.67. The molecule has 0 aromatic heterocycles. The van der Waals surface area contributed by atoms with Crippen molar-refractivity contribution < 1.29 is 14.3 Å². The Bertz CT molecular complexity index is 729. The van der Waals surface area contributed by atoms with E-state index in [0.29, 0.717) is 19.3 Å². The number of ether oxygens (including phenoxy) is 1. The maximum atomic E-state index is 12.0. The molecule has 0 N–H and O–H groups in total. The standard InChI is InChI=1S/C19H20O3/c1-19(17(20)8-9-18(19)21)11-10-13-4-3-5-14-12-15(22-2)6-7-16(13)14/h3-7,12H,8-11H2,1-2H3. The Morgan fingerprint density at radius 1 is 1.09 bits per heavy atom. The van der Waals surface area contributed by atoms with E-state index in [1.54, 1.807) is 14.0 Å². The number of benzene rings is 2. The predicted molar refractivity (Wildman–Crippen MR) is 86.2 cm³/mol. The summed E-state index contributed by atoms with van der Waals surface area (Å²) in [6.07, 6.45) is 2.14. The second-order valence-electron chi connectivity index (χ2n) is 6.18. The first-order chi connectivity index (χ1) is 10.5. The van der Waals surface area contributed by atoms with Crippen LogP contribution in [-0.4, -0.2) is 18.7 Å². The Morgan fingerprint density at radius 3 is 2.50 bits per heavy atom. The van der Waals surface area contributed by atoms with Crippen molar-refractivity contribution >= 4 is 22.3 Å². The lowest BCUT2D eigenvalue weighted by Gasteiger charge is -2.20. The number of methoxy groups -OCH3 is 1. The van der Waals surface area contributed by atoms with Gasteiger partial charge < -0.3 is 4.74 Å². The molecule has 2 aromatic carbocycles. The van der Waals surface area contributed by atoms with E-state index in [1.807, 2.05) is 24.3 Å². The molecule has 3 nitrogen and oxygen atoms in total. The molecular weight excluding hydrogens is 276 g/mol. The quantitative estimate of drug-likeness (QED) is 0.808. The minimum absolute atomic E-state index is 0.0967. The highest BCUT2D eigenvalue weighted by Gasteiger charge is 2.44. The number of fused-ring (bicyclic) bond motifs is 1. The van der Waals surface area contributed by atoms with Gasteiger partial charge in [-0.1, -0.05) is 24.3 Å². The first kappa shape index (κ1) is 14.8. The first-order valence-corrected chi connectivity index (χ1v) is 7.67. The molecule has 0 bridgehead atoms. The van der Waals surface area contributed by atoms with Crippen LogP contribution in [0.1, 0.15) is 31.7 Å². The highest BCUT2D eigenvalue weighted by molar-refractivity contribution is 6.12. The van der Waals surface area contributed by atoms with Gasteiger partial charge in [0.25, 0.3) is 0 Å². The Morgan fingerprint density at radius 2 is 1.82 bits per heavy atom. The highest BCUT2D eigenvalue weighted by Crippen LogP contribution is 2.36. The zero-order valence-electron chi connectivity index (χ0n) is 13.0. The summed E-state index contributed by atoms with van der Waals surface area (Å²) in [6.45, 7) is 1.80. The third-order valence-corrected chi connectivity index (χ3v) is 4.88. The molecule has 1 saturated carbocycles. The maximum Gasteiger partial charge on any atom is 0.146 e. The molecule has 0 spiro atoms. The number of ketones is 2. The van der Waals surface area contributed by atoms with Crippen LogP contribution in [0.4, 0.5) is 0 Å². The fourth-order valence-corrected chi connectivity index (χ4v) is 3.27. The lowest BCUT2D eigenvalue weighted by Crippen LogP contribution is -2.29. The van der Waals surface area contributed by atoms with E-state index in [0.717, 1.165) is 22.9 Å². The average molecular weight is 296 g/mol.